The minimum absolute atomic E-state index is 0.179. The van der Waals surface area contributed by atoms with Gasteiger partial charge >= 0.3 is 0 Å². The van der Waals surface area contributed by atoms with Crippen LogP contribution in [0.1, 0.15) is 34.1 Å². The molecule has 4 rings (SSSR count). The van der Waals surface area contributed by atoms with Crippen molar-refractivity contribution >= 4 is 35.0 Å². The van der Waals surface area contributed by atoms with Gasteiger partial charge in [-0.25, -0.2) is 9.97 Å². The van der Waals surface area contributed by atoms with Crippen molar-refractivity contribution in [3.63, 3.8) is 0 Å². The van der Waals surface area contributed by atoms with Gasteiger partial charge in [-0.3, -0.25) is 4.79 Å². The van der Waals surface area contributed by atoms with E-state index in [0.717, 1.165) is 17.0 Å². The van der Waals surface area contributed by atoms with Gasteiger partial charge in [0.1, 0.15) is 5.75 Å². The van der Waals surface area contributed by atoms with Crippen molar-refractivity contribution in [3.8, 4) is 5.75 Å². The van der Waals surface area contributed by atoms with E-state index in [-0.39, 0.29) is 16.6 Å². The molecule has 178 valence electrons. The Hall–Kier alpha value is -3.35. The van der Waals surface area contributed by atoms with Crippen LogP contribution in [0.2, 0.25) is 5.02 Å². The van der Waals surface area contributed by atoms with Gasteiger partial charge in [0.2, 0.25) is 0 Å². The molecule has 0 bridgehead atoms. The fourth-order valence-electron chi connectivity index (χ4n) is 3.55. The first-order chi connectivity index (χ1) is 17.0. The van der Waals surface area contributed by atoms with Crippen LogP contribution in [0.15, 0.2) is 90.2 Å². The third-order valence-electron chi connectivity index (χ3n) is 5.43. The average molecular weight is 504 g/mol. The van der Waals surface area contributed by atoms with Crippen molar-refractivity contribution in [1.82, 2.24) is 9.97 Å². The molecule has 35 heavy (non-hydrogen) atoms. The van der Waals surface area contributed by atoms with Crippen LogP contribution >= 0.6 is 23.4 Å². The lowest BCUT2D eigenvalue weighted by Gasteiger charge is -2.23. The summed E-state index contributed by atoms with van der Waals surface area (Å²) < 4.78 is 5.56. The molecule has 0 fully saturated rings. The predicted molar refractivity (Wildman–Crippen MR) is 142 cm³/mol. The number of carbonyl (C=O) groups excluding carboxylic acids is 1. The van der Waals surface area contributed by atoms with E-state index in [1.165, 1.54) is 29.1 Å². The van der Waals surface area contributed by atoms with Crippen molar-refractivity contribution in [1.29, 1.82) is 0 Å². The molecule has 0 N–H and O–H groups in total. The zero-order valence-corrected chi connectivity index (χ0v) is 21.2. The maximum Gasteiger partial charge on any atom is 0.278 e. The Kier molecular flexibility index (Phi) is 8.40. The van der Waals surface area contributed by atoms with Crippen molar-refractivity contribution < 1.29 is 9.53 Å². The Labute approximate surface area is 215 Å². The van der Waals surface area contributed by atoms with E-state index < -0.39 is 0 Å². The van der Waals surface area contributed by atoms with Gasteiger partial charge in [-0.2, -0.15) is 0 Å². The molecule has 0 radical (unpaired) electrons. The lowest BCUT2D eigenvalue weighted by molar-refractivity contribution is 0.0979. The van der Waals surface area contributed by atoms with Crippen LogP contribution in [0, 0.1) is 6.92 Å². The molecular weight excluding hydrogens is 478 g/mol. The quantitative estimate of drug-likeness (QED) is 0.182. The summed E-state index contributed by atoms with van der Waals surface area (Å²) in [6.07, 6.45) is 1.50. The number of benzene rings is 3. The van der Waals surface area contributed by atoms with Crippen molar-refractivity contribution in [2.24, 2.45) is 0 Å². The van der Waals surface area contributed by atoms with Gasteiger partial charge in [-0.1, -0.05) is 78.0 Å². The van der Waals surface area contributed by atoms with Gasteiger partial charge in [-0.15, -0.1) is 0 Å². The Balaban J connectivity index is 1.62. The van der Waals surface area contributed by atoms with E-state index in [9.17, 15) is 4.79 Å². The van der Waals surface area contributed by atoms with Gasteiger partial charge in [0.05, 0.1) is 24.4 Å². The smallest absolute Gasteiger partial charge is 0.278 e. The number of amides is 1. The zero-order valence-electron chi connectivity index (χ0n) is 19.6. The summed E-state index contributed by atoms with van der Waals surface area (Å²) in [7, 11) is 0. The van der Waals surface area contributed by atoms with Crippen molar-refractivity contribution in [2.75, 3.05) is 11.5 Å². The number of thioether (sulfide) groups is 1. The summed E-state index contributed by atoms with van der Waals surface area (Å²) in [5.41, 5.74) is 4.30. The van der Waals surface area contributed by atoms with Crippen molar-refractivity contribution in [3.05, 3.63) is 112 Å². The first-order valence-corrected chi connectivity index (χ1v) is 12.7. The highest BCUT2D eigenvalue weighted by Gasteiger charge is 2.23. The van der Waals surface area contributed by atoms with Gasteiger partial charge in [0, 0.05) is 11.4 Å². The predicted octanol–water partition coefficient (Wildman–Crippen LogP) is 6.98. The number of nitrogens with zero attached hydrogens (tertiary/aromatic N) is 3. The fourth-order valence-corrected chi connectivity index (χ4v) is 4.61. The van der Waals surface area contributed by atoms with E-state index >= 15 is 0 Å². The molecule has 0 aliphatic heterocycles. The number of aryl methyl sites for hydroxylation is 1. The number of aromatic nitrogens is 2. The van der Waals surface area contributed by atoms with Crippen LogP contribution in [-0.2, 0) is 12.3 Å². The highest BCUT2D eigenvalue weighted by Crippen LogP contribution is 2.27. The number of halogens is 1. The van der Waals surface area contributed by atoms with Crippen LogP contribution in [0.25, 0.3) is 0 Å². The molecule has 1 amide bonds. The maximum atomic E-state index is 13.8. The Morgan fingerprint density at radius 2 is 1.71 bits per heavy atom. The maximum absolute atomic E-state index is 13.8. The minimum atomic E-state index is -0.289. The molecule has 0 spiro atoms. The average Bonchev–Trinajstić information content (AvgIpc) is 2.88. The fraction of sp³-hybridized carbons (Fsp3) is 0.179. The summed E-state index contributed by atoms with van der Waals surface area (Å²) in [5.74, 6) is 1.16. The number of hydrogen-bond donors (Lipinski definition) is 0. The lowest BCUT2D eigenvalue weighted by atomic mass is 10.1. The molecule has 3 aromatic carbocycles. The second-order valence-corrected chi connectivity index (χ2v) is 9.22. The van der Waals surface area contributed by atoms with Gasteiger partial charge in [-0.05, 0) is 54.8 Å². The molecule has 1 heterocycles. The number of carbonyl (C=O) groups is 1. The Bertz CT molecular complexity index is 1280. The molecule has 1 aromatic heterocycles. The highest BCUT2D eigenvalue weighted by molar-refractivity contribution is 7.98. The number of anilines is 1. The van der Waals surface area contributed by atoms with Gasteiger partial charge < -0.3 is 9.64 Å². The monoisotopic (exact) mass is 503 g/mol. The molecule has 0 saturated heterocycles. The number of rotatable bonds is 9. The van der Waals surface area contributed by atoms with Gasteiger partial charge in [0.15, 0.2) is 10.9 Å². The molecule has 0 saturated carbocycles. The van der Waals surface area contributed by atoms with Crippen LogP contribution < -0.4 is 9.64 Å². The largest absolute Gasteiger partial charge is 0.494 e. The van der Waals surface area contributed by atoms with E-state index in [1.807, 2.05) is 73.7 Å². The van der Waals surface area contributed by atoms with Gasteiger partial charge in [0.25, 0.3) is 5.91 Å². The molecular formula is C28H26ClN3O2S. The number of ether oxygens (including phenoxy) is 1. The molecule has 0 atom stereocenters. The molecule has 0 unspecified atom stereocenters. The second kappa shape index (κ2) is 11.9. The minimum Gasteiger partial charge on any atom is -0.494 e. The van der Waals surface area contributed by atoms with E-state index in [2.05, 4.69) is 29.0 Å². The summed E-state index contributed by atoms with van der Waals surface area (Å²) in [6.45, 7) is 4.96. The SMILES string of the molecule is CCOc1ccc(N(Cc2ccccc2)C(=O)c2nc(SCc3ccccc3C)ncc2Cl)cc1. The lowest BCUT2D eigenvalue weighted by Crippen LogP contribution is -2.31. The third kappa shape index (κ3) is 6.41. The second-order valence-electron chi connectivity index (χ2n) is 7.87. The molecule has 5 nitrogen and oxygen atoms in total. The van der Waals surface area contributed by atoms with Crippen molar-refractivity contribution in [2.45, 2.75) is 31.3 Å². The van der Waals surface area contributed by atoms with Crippen LogP contribution in [0.3, 0.4) is 0 Å². The van der Waals surface area contributed by atoms with E-state index in [0.29, 0.717) is 24.1 Å². The Morgan fingerprint density at radius 1 is 1.00 bits per heavy atom. The Morgan fingerprint density at radius 3 is 2.43 bits per heavy atom. The molecule has 0 aliphatic carbocycles. The molecule has 7 heteroatoms. The van der Waals surface area contributed by atoms with E-state index in [1.54, 1.807) is 4.90 Å². The van der Waals surface area contributed by atoms with E-state index in [4.69, 9.17) is 16.3 Å². The molecule has 0 aliphatic rings. The van der Waals surface area contributed by atoms with Crippen LogP contribution in [0.5, 0.6) is 5.75 Å². The summed E-state index contributed by atoms with van der Waals surface area (Å²) in [5, 5.41) is 0.728. The van der Waals surface area contributed by atoms with Crippen LogP contribution in [0.4, 0.5) is 5.69 Å². The van der Waals surface area contributed by atoms with Crippen LogP contribution in [-0.4, -0.2) is 22.5 Å². The first-order valence-electron chi connectivity index (χ1n) is 11.3. The number of hydrogen-bond acceptors (Lipinski definition) is 5. The standard InChI is InChI=1S/C28H26ClN3O2S/c1-3-34-24-15-13-23(14-16-24)32(18-21-10-5-4-6-11-21)27(33)26-25(29)17-30-28(31-26)35-19-22-12-8-7-9-20(22)2/h4-17H,3,18-19H2,1-2H3. The normalized spacial score (nSPS) is 10.7. The summed E-state index contributed by atoms with van der Waals surface area (Å²) in [6, 6.07) is 25.5. The molecule has 4 aromatic rings. The highest BCUT2D eigenvalue weighted by atomic mass is 35.5. The summed E-state index contributed by atoms with van der Waals surface area (Å²) >= 11 is 7.91. The topological polar surface area (TPSA) is 55.3 Å². The third-order valence-corrected chi connectivity index (χ3v) is 6.62. The first kappa shape index (κ1) is 24.8. The zero-order chi connectivity index (χ0) is 24.6. The summed E-state index contributed by atoms with van der Waals surface area (Å²) in [4.78, 5) is 24.4.